The standard InChI is InChI=1S/C23H26N4O2/c1-4-27(5-2)20-11-8-18(9-12-20)25-22-15-10-19(16-24-22)26-23(28)17-6-13-21(29-3)14-7-17/h6-16H,4-5H2,1-3H3,(H,24,25)(H,26,28). The van der Waals surface area contributed by atoms with E-state index in [2.05, 4.69) is 46.5 Å². The lowest BCUT2D eigenvalue weighted by Gasteiger charge is -2.21. The van der Waals surface area contributed by atoms with Gasteiger partial charge in [-0.15, -0.1) is 0 Å². The molecule has 0 aliphatic carbocycles. The molecule has 3 aromatic rings. The molecule has 0 spiro atoms. The van der Waals surface area contributed by atoms with Gasteiger partial charge in [-0.1, -0.05) is 0 Å². The van der Waals surface area contributed by atoms with Gasteiger partial charge in [0.25, 0.3) is 5.91 Å². The molecule has 0 radical (unpaired) electrons. The van der Waals surface area contributed by atoms with Crippen LogP contribution in [-0.4, -0.2) is 31.1 Å². The van der Waals surface area contributed by atoms with E-state index in [4.69, 9.17) is 4.74 Å². The predicted octanol–water partition coefficient (Wildman–Crippen LogP) is 4.93. The number of nitrogens with zero attached hydrogens (tertiary/aromatic N) is 2. The maximum atomic E-state index is 12.3. The summed E-state index contributed by atoms with van der Waals surface area (Å²) in [5.41, 5.74) is 3.35. The van der Waals surface area contributed by atoms with Crippen LogP contribution in [0.5, 0.6) is 5.75 Å². The lowest BCUT2D eigenvalue weighted by Crippen LogP contribution is -2.21. The van der Waals surface area contributed by atoms with Crippen LogP contribution in [0, 0.1) is 0 Å². The van der Waals surface area contributed by atoms with Crippen LogP contribution in [0.4, 0.5) is 22.9 Å². The van der Waals surface area contributed by atoms with Crippen LogP contribution in [-0.2, 0) is 0 Å². The largest absolute Gasteiger partial charge is 0.497 e. The molecule has 1 aromatic heterocycles. The molecule has 2 N–H and O–H groups in total. The van der Waals surface area contributed by atoms with Crippen LogP contribution in [0.25, 0.3) is 0 Å². The molecule has 2 aromatic carbocycles. The lowest BCUT2D eigenvalue weighted by molar-refractivity contribution is 0.102. The molecule has 0 bridgehead atoms. The summed E-state index contributed by atoms with van der Waals surface area (Å²) in [5, 5.41) is 6.12. The molecule has 150 valence electrons. The third-order valence-corrected chi connectivity index (χ3v) is 4.64. The van der Waals surface area contributed by atoms with Crippen LogP contribution in [0.3, 0.4) is 0 Å². The molecule has 0 aliphatic rings. The van der Waals surface area contributed by atoms with Gasteiger partial charge in [-0.3, -0.25) is 4.79 Å². The van der Waals surface area contributed by atoms with Gasteiger partial charge in [-0.05, 0) is 74.5 Å². The van der Waals surface area contributed by atoms with Gasteiger partial charge in [0.15, 0.2) is 0 Å². The normalized spacial score (nSPS) is 10.3. The highest BCUT2D eigenvalue weighted by Gasteiger charge is 2.07. The van der Waals surface area contributed by atoms with Gasteiger partial charge < -0.3 is 20.3 Å². The number of methoxy groups -OCH3 is 1. The molecule has 29 heavy (non-hydrogen) atoms. The Labute approximate surface area is 171 Å². The third-order valence-electron chi connectivity index (χ3n) is 4.64. The van der Waals surface area contributed by atoms with E-state index in [1.807, 2.05) is 24.3 Å². The fourth-order valence-electron chi connectivity index (χ4n) is 2.98. The van der Waals surface area contributed by atoms with Crippen LogP contribution in [0.1, 0.15) is 24.2 Å². The van der Waals surface area contributed by atoms with Gasteiger partial charge in [0, 0.05) is 30.0 Å². The topological polar surface area (TPSA) is 66.5 Å². The van der Waals surface area contributed by atoms with E-state index >= 15 is 0 Å². The zero-order valence-corrected chi connectivity index (χ0v) is 17.0. The van der Waals surface area contributed by atoms with Crippen LogP contribution in [0.15, 0.2) is 66.9 Å². The van der Waals surface area contributed by atoms with E-state index in [0.717, 1.165) is 18.8 Å². The predicted molar refractivity (Wildman–Crippen MR) is 118 cm³/mol. The number of anilines is 4. The van der Waals surface area contributed by atoms with Crippen molar-refractivity contribution in [2.24, 2.45) is 0 Å². The Morgan fingerprint density at radius 3 is 2.14 bits per heavy atom. The summed E-state index contributed by atoms with van der Waals surface area (Å²) >= 11 is 0. The number of rotatable bonds is 8. The number of carbonyl (C=O) groups is 1. The zero-order valence-electron chi connectivity index (χ0n) is 17.0. The minimum absolute atomic E-state index is 0.192. The maximum Gasteiger partial charge on any atom is 0.255 e. The van der Waals surface area contributed by atoms with Crippen molar-refractivity contribution in [3.63, 3.8) is 0 Å². The molecule has 0 unspecified atom stereocenters. The van der Waals surface area contributed by atoms with Gasteiger partial charge in [0.2, 0.25) is 0 Å². The van der Waals surface area contributed by atoms with Crippen molar-refractivity contribution < 1.29 is 9.53 Å². The van der Waals surface area contributed by atoms with Crippen LogP contribution in [0.2, 0.25) is 0 Å². The number of amides is 1. The number of aromatic nitrogens is 1. The number of hydrogen-bond donors (Lipinski definition) is 2. The van der Waals surface area contributed by atoms with E-state index < -0.39 is 0 Å². The number of benzene rings is 2. The molecule has 1 amide bonds. The lowest BCUT2D eigenvalue weighted by atomic mass is 10.2. The second-order valence-corrected chi connectivity index (χ2v) is 6.46. The van der Waals surface area contributed by atoms with E-state index in [-0.39, 0.29) is 5.91 Å². The van der Waals surface area contributed by atoms with Gasteiger partial charge in [0.05, 0.1) is 19.0 Å². The first-order valence-electron chi connectivity index (χ1n) is 9.66. The number of hydrogen-bond acceptors (Lipinski definition) is 5. The Hall–Kier alpha value is -3.54. The molecule has 3 rings (SSSR count). The Morgan fingerprint density at radius 1 is 0.931 bits per heavy atom. The molecule has 6 nitrogen and oxygen atoms in total. The first-order chi connectivity index (χ1) is 14.1. The quantitative estimate of drug-likeness (QED) is 0.571. The fraction of sp³-hybridized carbons (Fsp3) is 0.217. The SMILES string of the molecule is CCN(CC)c1ccc(Nc2ccc(NC(=O)c3ccc(OC)cc3)cn2)cc1. The maximum absolute atomic E-state index is 12.3. The summed E-state index contributed by atoms with van der Waals surface area (Å²) in [6.45, 7) is 6.26. The summed E-state index contributed by atoms with van der Waals surface area (Å²) in [4.78, 5) is 19.0. The number of carbonyl (C=O) groups excluding carboxylic acids is 1. The summed E-state index contributed by atoms with van der Waals surface area (Å²) in [7, 11) is 1.59. The van der Waals surface area contributed by atoms with E-state index in [0.29, 0.717) is 22.8 Å². The average Bonchev–Trinajstić information content (AvgIpc) is 2.77. The van der Waals surface area contributed by atoms with Crippen molar-refractivity contribution in [1.29, 1.82) is 0 Å². The molecular formula is C23H26N4O2. The minimum Gasteiger partial charge on any atom is -0.497 e. The highest BCUT2D eigenvalue weighted by molar-refractivity contribution is 6.04. The molecule has 0 fully saturated rings. The Balaban J connectivity index is 1.60. The highest BCUT2D eigenvalue weighted by Crippen LogP contribution is 2.21. The molecule has 0 saturated carbocycles. The van der Waals surface area contributed by atoms with Crippen molar-refractivity contribution >= 4 is 28.8 Å². The minimum atomic E-state index is -0.192. The highest BCUT2D eigenvalue weighted by atomic mass is 16.5. The Kier molecular flexibility index (Phi) is 6.68. The monoisotopic (exact) mass is 390 g/mol. The van der Waals surface area contributed by atoms with Crippen molar-refractivity contribution in [1.82, 2.24) is 4.98 Å². The van der Waals surface area contributed by atoms with Crippen LogP contribution < -0.4 is 20.3 Å². The zero-order chi connectivity index (χ0) is 20.6. The van der Waals surface area contributed by atoms with Gasteiger partial charge in [-0.2, -0.15) is 0 Å². The summed E-state index contributed by atoms with van der Waals surface area (Å²) in [6.07, 6.45) is 1.63. The molecule has 1 heterocycles. The van der Waals surface area contributed by atoms with E-state index in [9.17, 15) is 4.79 Å². The summed E-state index contributed by atoms with van der Waals surface area (Å²) in [5.74, 6) is 1.23. The van der Waals surface area contributed by atoms with Gasteiger partial charge >= 0.3 is 0 Å². The van der Waals surface area contributed by atoms with Gasteiger partial charge in [-0.25, -0.2) is 4.98 Å². The molecule has 0 saturated heterocycles. The first kappa shape index (κ1) is 20.2. The molecule has 0 atom stereocenters. The van der Waals surface area contributed by atoms with Crippen molar-refractivity contribution in [3.05, 3.63) is 72.4 Å². The number of nitrogens with one attached hydrogen (secondary N) is 2. The fourth-order valence-corrected chi connectivity index (χ4v) is 2.98. The van der Waals surface area contributed by atoms with Crippen molar-refractivity contribution in [3.8, 4) is 5.75 Å². The third kappa shape index (κ3) is 5.25. The summed E-state index contributed by atoms with van der Waals surface area (Å²) < 4.78 is 5.11. The second kappa shape index (κ2) is 9.59. The number of ether oxygens (including phenoxy) is 1. The van der Waals surface area contributed by atoms with Crippen LogP contribution >= 0.6 is 0 Å². The van der Waals surface area contributed by atoms with Crippen molar-refractivity contribution in [2.75, 3.05) is 35.7 Å². The number of pyridine rings is 1. The Morgan fingerprint density at radius 2 is 1.59 bits per heavy atom. The van der Waals surface area contributed by atoms with E-state index in [1.54, 1.807) is 37.6 Å². The smallest absolute Gasteiger partial charge is 0.255 e. The Bertz CT molecular complexity index is 919. The van der Waals surface area contributed by atoms with Gasteiger partial charge in [0.1, 0.15) is 11.6 Å². The average molecular weight is 390 g/mol. The molecule has 0 aliphatic heterocycles. The molecule has 6 heteroatoms. The first-order valence-corrected chi connectivity index (χ1v) is 9.66. The van der Waals surface area contributed by atoms with E-state index in [1.165, 1.54) is 5.69 Å². The van der Waals surface area contributed by atoms with Crippen molar-refractivity contribution in [2.45, 2.75) is 13.8 Å². The second-order valence-electron chi connectivity index (χ2n) is 6.46. The summed E-state index contributed by atoms with van der Waals surface area (Å²) in [6, 6.07) is 18.9. The molecular weight excluding hydrogens is 364 g/mol.